The minimum absolute atomic E-state index is 0.278. The van der Waals surface area contributed by atoms with Crippen LogP contribution >= 0.6 is 15.9 Å². The minimum atomic E-state index is -0.325. The number of piperidine rings is 1. The van der Waals surface area contributed by atoms with Gasteiger partial charge >= 0.3 is 0 Å². The Morgan fingerprint density at radius 1 is 1.42 bits per heavy atom. The van der Waals surface area contributed by atoms with Crippen LogP contribution in [0.5, 0.6) is 0 Å². The first-order valence-corrected chi connectivity index (χ1v) is 7.36. The van der Waals surface area contributed by atoms with Crippen LogP contribution in [0.2, 0.25) is 0 Å². The van der Waals surface area contributed by atoms with Gasteiger partial charge in [-0.1, -0.05) is 6.92 Å². The number of benzene rings is 1. The first-order chi connectivity index (χ1) is 8.89. The summed E-state index contributed by atoms with van der Waals surface area (Å²) in [5.74, 6) is -0.325. The van der Waals surface area contributed by atoms with Crippen molar-refractivity contribution in [2.45, 2.75) is 19.8 Å². The Morgan fingerprint density at radius 2 is 2.05 bits per heavy atom. The van der Waals surface area contributed by atoms with Gasteiger partial charge in [-0.25, -0.2) is 4.39 Å². The van der Waals surface area contributed by atoms with Crippen LogP contribution in [0.25, 0.3) is 0 Å². The fourth-order valence-electron chi connectivity index (χ4n) is 2.36. The molecule has 0 aromatic heterocycles. The van der Waals surface area contributed by atoms with Gasteiger partial charge in [-0.2, -0.15) is 0 Å². The van der Waals surface area contributed by atoms with Crippen LogP contribution in [0.1, 0.15) is 19.8 Å². The number of likely N-dealkylation sites (tertiary alicyclic amines) is 1. The van der Waals surface area contributed by atoms with Crippen LogP contribution in [0.4, 0.5) is 15.8 Å². The third-order valence-corrected chi connectivity index (χ3v) is 4.60. The molecule has 106 valence electrons. The van der Waals surface area contributed by atoms with E-state index in [4.69, 9.17) is 5.73 Å². The fourth-order valence-corrected chi connectivity index (χ4v) is 2.70. The van der Waals surface area contributed by atoms with Crippen LogP contribution in [0.15, 0.2) is 16.6 Å². The highest BCUT2D eigenvalue weighted by Crippen LogP contribution is 2.32. The van der Waals surface area contributed by atoms with Crippen molar-refractivity contribution in [2.24, 2.45) is 5.41 Å². The highest BCUT2D eigenvalue weighted by atomic mass is 79.9. The van der Waals surface area contributed by atoms with Crippen LogP contribution in [-0.2, 0) is 0 Å². The van der Waals surface area contributed by atoms with Crippen LogP contribution < -0.4 is 11.1 Å². The normalized spacial score (nSPS) is 19.4. The van der Waals surface area contributed by atoms with Crippen molar-refractivity contribution in [3.63, 3.8) is 0 Å². The van der Waals surface area contributed by atoms with Crippen molar-refractivity contribution < 1.29 is 4.39 Å². The molecule has 1 aromatic rings. The predicted molar refractivity (Wildman–Crippen MR) is 81.8 cm³/mol. The van der Waals surface area contributed by atoms with Gasteiger partial charge in [0.15, 0.2) is 0 Å². The summed E-state index contributed by atoms with van der Waals surface area (Å²) in [5, 5.41) is 3.37. The highest BCUT2D eigenvalue weighted by molar-refractivity contribution is 9.10. The Bertz CT molecular complexity index is 456. The van der Waals surface area contributed by atoms with Gasteiger partial charge in [0.25, 0.3) is 0 Å². The standard InChI is InChI=1S/C14H21BrFN3/c1-14(3-5-19(2)6-4-14)9-18-13-7-10(15)11(16)8-12(13)17/h7-8,18H,3-6,9,17H2,1-2H3. The molecule has 0 saturated carbocycles. The predicted octanol–water partition coefficient (Wildman–Crippen LogP) is 3.31. The van der Waals surface area contributed by atoms with E-state index in [-0.39, 0.29) is 11.2 Å². The molecule has 0 spiro atoms. The summed E-state index contributed by atoms with van der Waals surface area (Å²) >= 11 is 3.19. The van der Waals surface area contributed by atoms with Gasteiger partial charge in [-0.3, -0.25) is 0 Å². The third-order valence-electron chi connectivity index (χ3n) is 3.99. The average Bonchev–Trinajstić information content (AvgIpc) is 2.36. The Morgan fingerprint density at radius 3 is 2.68 bits per heavy atom. The molecule has 1 aliphatic rings. The molecular formula is C14H21BrFN3. The SMILES string of the molecule is CN1CCC(C)(CNc2cc(Br)c(F)cc2N)CC1. The van der Waals surface area contributed by atoms with Gasteiger partial charge in [0, 0.05) is 12.6 Å². The Balaban J connectivity index is 2.01. The second-order valence-electron chi connectivity index (χ2n) is 5.82. The number of hydrogen-bond acceptors (Lipinski definition) is 3. The van der Waals surface area contributed by atoms with Crippen molar-refractivity contribution in [2.75, 3.05) is 37.7 Å². The molecule has 1 heterocycles. The Hall–Kier alpha value is -0.810. The van der Waals surface area contributed by atoms with Crippen molar-refractivity contribution >= 4 is 27.3 Å². The van der Waals surface area contributed by atoms with E-state index in [1.54, 1.807) is 6.07 Å². The lowest BCUT2D eigenvalue weighted by Crippen LogP contribution is -2.40. The van der Waals surface area contributed by atoms with Gasteiger partial charge in [0.05, 0.1) is 15.8 Å². The number of nitrogens with zero attached hydrogens (tertiary/aromatic N) is 1. The molecule has 0 radical (unpaired) electrons. The summed E-state index contributed by atoms with van der Waals surface area (Å²) < 4.78 is 13.8. The zero-order chi connectivity index (χ0) is 14.0. The largest absolute Gasteiger partial charge is 0.397 e. The molecule has 1 aliphatic heterocycles. The molecule has 1 aromatic carbocycles. The average molecular weight is 330 g/mol. The van der Waals surface area contributed by atoms with E-state index in [0.29, 0.717) is 10.2 Å². The number of nitrogens with one attached hydrogen (secondary N) is 1. The monoisotopic (exact) mass is 329 g/mol. The molecule has 1 fully saturated rings. The smallest absolute Gasteiger partial charge is 0.139 e. The zero-order valence-corrected chi connectivity index (χ0v) is 13.1. The topological polar surface area (TPSA) is 41.3 Å². The first kappa shape index (κ1) is 14.6. The third kappa shape index (κ3) is 3.60. The van der Waals surface area contributed by atoms with Crippen LogP contribution in [-0.4, -0.2) is 31.6 Å². The second-order valence-corrected chi connectivity index (χ2v) is 6.68. The van der Waals surface area contributed by atoms with Gasteiger partial charge in [-0.05, 0) is 60.4 Å². The minimum Gasteiger partial charge on any atom is -0.397 e. The van der Waals surface area contributed by atoms with Gasteiger partial charge in [0.1, 0.15) is 5.82 Å². The summed E-state index contributed by atoms with van der Waals surface area (Å²) in [7, 11) is 2.15. The summed E-state index contributed by atoms with van der Waals surface area (Å²) in [6.07, 6.45) is 2.33. The van der Waals surface area contributed by atoms with Crippen molar-refractivity contribution in [3.8, 4) is 0 Å². The van der Waals surface area contributed by atoms with E-state index in [1.165, 1.54) is 18.9 Å². The van der Waals surface area contributed by atoms with E-state index in [9.17, 15) is 4.39 Å². The highest BCUT2D eigenvalue weighted by Gasteiger charge is 2.28. The van der Waals surface area contributed by atoms with Crippen molar-refractivity contribution in [1.29, 1.82) is 0 Å². The number of nitrogen functional groups attached to an aromatic ring is 1. The van der Waals surface area contributed by atoms with E-state index in [0.717, 1.165) is 25.3 Å². The molecule has 3 nitrogen and oxygen atoms in total. The Labute approximate surface area is 122 Å². The maximum absolute atomic E-state index is 13.3. The first-order valence-electron chi connectivity index (χ1n) is 6.57. The molecular weight excluding hydrogens is 309 g/mol. The summed E-state index contributed by atoms with van der Waals surface area (Å²) in [6, 6.07) is 3.06. The molecule has 0 unspecified atom stereocenters. The number of rotatable bonds is 3. The molecule has 19 heavy (non-hydrogen) atoms. The lowest BCUT2D eigenvalue weighted by Gasteiger charge is -2.38. The quantitative estimate of drug-likeness (QED) is 0.836. The van der Waals surface area contributed by atoms with Crippen LogP contribution in [0.3, 0.4) is 0 Å². The number of hydrogen-bond donors (Lipinski definition) is 2. The summed E-state index contributed by atoms with van der Waals surface area (Å²) in [5.41, 5.74) is 7.37. The number of anilines is 2. The van der Waals surface area contributed by atoms with Crippen molar-refractivity contribution in [1.82, 2.24) is 4.90 Å². The summed E-state index contributed by atoms with van der Waals surface area (Å²) in [4.78, 5) is 2.35. The molecule has 5 heteroatoms. The molecule has 1 saturated heterocycles. The van der Waals surface area contributed by atoms with Crippen LogP contribution in [0, 0.1) is 11.2 Å². The van der Waals surface area contributed by atoms with E-state index < -0.39 is 0 Å². The second kappa shape index (κ2) is 5.67. The zero-order valence-electron chi connectivity index (χ0n) is 11.5. The number of nitrogens with two attached hydrogens (primary N) is 1. The molecule has 0 amide bonds. The maximum Gasteiger partial charge on any atom is 0.139 e. The lowest BCUT2D eigenvalue weighted by atomic mass is 9.80. The Kier molecular flexibility index (Phi) is 4.36. The number of halogens is 2. The lowest BCUT2D eigenvalue weighted by molar-refractivity contribution is 0.150. The van der Waals surface area contributed by atoms with Gasteiger partial charge in [-0.15, -0.1) is 0 Å². The molecule has 0 atom stereocenters. The van der Waals surface area contributed by atoms with E-state index in [1.807, 2.05) is 0 Å². The summed E-state index contributed by atoms with van der Waals surface area (Å²) in [6.45, 7) is 5.41. The van der Waals surface area contributed by atoms with E-state index in [2.05, 4.69) is 40.1 Å². The molecule has 0 aliphatic carbocycles. The van der Waals surface area contributed by atoms with Crippen molar-refractivity contribution in [3.05, 3.63) is 22.4 Å². The fraction of sp³-hybridized carbons (Fsp3) is 0.571. The van der Waals surface area contributed by atoms with Gasteiger partial charge < -0.3 is 16.0 Å². The van der Waals surface area contributed by atoms with E-state index >= 15 is 0 Å². The maximum atomic E-state index is 13.3. The molecule has 2 rings (SSSR count). The molecule has 0 bridgehead atoms. The molecule has 3 N–H and O–H groups in total. The van der Waals surface area contributed by atoms with Gasteiger partial charge in [0.2, 0.25) is 0 Å².